The van der Waals surface area contributed by atoms with Crippen molar-refractivity contribution < 1.29 is 4.79 Å². The Balaban J connectivity index is 2.06. The highest BCUT2D eigenvalue weighted by molar-refractivity contribution is 7.09. The molecule has 0 fully saturated rings. The first-order chi connectivity index (χ1) is 7.59. The molecule has 3 N–H and O–H groups in total. The average Bonchev–Trinajstić information content (AvgIpc) is 2.63. The van der Waals surface area contributed by atoms with Gasteiger partial charge in [0.15, 0.2) is 0 Å². The molecule has 0 aliphatic heterocycles. The van der Waals surface area contributed by atoms with Gasteiger partial charge in [0.05, 0.1) is 11.0 Å². The van der Waals surface area contributed by atoms with E-state index in [2.05, 4.69) is 15.7 Å². The minimum atomic E-state index is -0.415. The third kappa shape index (κ3) is 4.72. The lowest BCUT2D eigenvalue weighted by molar-refractivity contribution is -0.121. The van der Waals surface area contributed by atoms with Crippen LogP contribution in [0.4, 0.5) is 0 Å². The number of unbranched alkanes of at least 4 members (excludes halogenated alkanes) is 1. The van der Waals surface area contributed by atoms with Crippen molar-refractivity contribution in [1.82, 2.24) is 10.3 Å². The molecule has 1 aromatic heterocycles. The predicted octanol–water partition coefficient (Wildman–Crippen LogP) is 1.24. The lowest BCUT2D eigenvalue weighted by atomic mass is 10.2. The first-order valence-corrected chi connectivity index (χ1v) is 6.42. The van der Waals surface area contributed by atoms with Gasteiger partial charge in [0.2, 0.25) is 5.91 Å². The second kappa shape index (κ2) is 6.60. The number of rotatable bonds is 6. The van der Waals surface area contributed by atoms with E-state index >= 15 is 0 Å². The molecule has 0 bridgehead atoms. The Morgan fingerprint density at radius 1 is 1.62 bits per heavy atom. The van der Waals surface area contributed by atoms with Crippen LogP contribution in [-0.4, -0.2) is 23.5 Å². The van der Waals surface area contributed by atoms with Crippen molar-refractivity contribution in [3.05, 3.63) is 16.1 Å². The van der Waals surface area contributed by atoms with E-state index in [1.165, 1.54) is 5.01 Å². The van der Waals surface area contributed by atoms with Crippen LogP contribution in [0.1, 0.15) is 30.5 Å². The maximum Gasteiger partial charge on any atom is 0.236 e. The second-order valence-electron chi connectivity index (χ2n) is 3.92. The summed E-state index contributed by atoms with van der Waals surface area (Å²) in [7, 11) is 0. The van der Waals surface area contributed by atoms with Crippen molar-refractivity contribution in [2.45, 2.75) is 39.2 Å². The third-order valence-electron chi connectivity index (χ3n) is 2.20. The number of nitrogens with one attached hydrogen (secondary N) is 1. The molecule has 0 aliphatic carbocycles. The molecule has 0 saturated heterocycles. The molecule has 1 atom stereocenters. The zero-order valence-electron chi connectivity index (χ0n) is 9.82. The van der Waals surface area contributed by atoms with E-state index in [0.717, 1.165) is 25.0 Å². The number of nitrogens with two attached hydrogens (primary N) is 1. The zero-order chi connectivity index (χ0) is 12.0. The maximum absolute atomic E-state index is 11.1. The summed E-state index contributed by atoms with van der Waals surface area (Å²) in [6, 6.07) is -0.415. The molecule has 1 aromatic rings. The summed E-state index contributed by atoms with van der Waals surface area (Å²) in [4.78, 5) is 15.5. The smallest absolute Gasteiger partial charge is 0.236 e. The van der Waals surface area contributed by atoms with Crippen LogP contribution in [0, 0.1) is 6.92 Å². The van der Waals surface area contributed by atoms with Gasteiger partial charge in [0.25, 0.3) is 0 Å². The Bertz CT molecular complexity index is 336. The van der Waals surface area contributed by atoms with E-state index in [-0.39, 0.29) is 5.91 Å². The van der Waals surface area contributed by atoms with Gasteiger partial charge in [-0.05, 0) is 33.1 Å². The summed E-state index contributed by atoms with van der Waals surface area (Å²) < 4.78 is 0. The first kappa shape index (κ1) is 13.1. The molecule has 0 saturated carbocycles. The van der Waals surface area contributed by atoms with Crippen LogP contribution in [-0.2, 0) is 11.2 Å². The van der Waals surface area contributed by atoms with E-state index in [1.807, 2.05) is 6.92 Å². The Morgan fingerprint density at radius 2 is 2.38 bits per heavy atom. The Morgan fingerprint density at radius 3 is 2.94 bits per heavy atom. The summed E-state index contributed by atoms with van der Waals surface area (Å²) in [5, 5.41) is 6.03. The van der Waals surface area contributed by atoms with Gasteiger partial charge in [-0.25, -0.2) is 4.98 Å². The fourth-order valence-corrected chi connectivity index (χ4v) is 2.11. The molecule has 90 valence electrons. The molecule has 16 heavy (non-hydrogen) atoms. The highest BCUT2D eigenvalue weighted by Gasteiger charge is 2.05. The van der Waals surface area contributed by atoms with E-state index < -0.39 is 6.04 Å². The summed E-state index contributed by atoms with van der Waals surface area (Å²) in [5.41, 5.74) is 6.51. The monoisotopic (exact) mass is 241 g/mol. The third-order valence-corrected chi connectivity index (χ3v) is 3.22. The number of aryl methyl sites for hydroxylation is 2. The number of aromatic nitrogens is 1. The van der Waals surface area contributed by atoms with Gasteiger partial charge in [0.1, 0.15) is 0 Å². The molecule has 0 aromatic carbocycles. The van der Waals surface area contributed by atoms with Gasteiger partial charge < -0.3 is 11.1 Å². The van der Waals surface area contributed by atoms with Crippen molar-refractivity contribution in [2.24, 2.45) is 5.73 Å². The molecule has 5 heteroatoms. The average molecular weight is 241 g/mol. The number of nitrogens with zero attached hydrogens (tertiary/aromatic N) is 1. The van der Waals surface area contributed by atoms with Crippen LogP contribution >= 0.6 is 11.3 Å². The molecule has 0 radical (unpaired) electrons. The van der Waals surface area contributed by atoms with Crippen molar-refractivity contribution in [2.75, 3.05) is 6.54 Å². The van der Waals surface area contributed by atoms with Crippen molar-refractivity contribution >= 4 is 17.2 Å². The topological polar surface area (TPSA) is 68.0 Å². The van der Waals surface area contributed by atoms with Crippen molar-refractivity contribution in [3.63, 3.8) is 0 Å². The van der Waals surface area contributed by atoms with Crippen LogP contribution in [0.3, 0.4) is 0 Å². The Kier molecular flexibility index (Phi) is 5.42. The van der Waals surface area contributed by atoms with E-state index in [0.29, 0.717) is 6.54 Å². The van der Waals surface area contributed by atoms with Crippen LogP contribution in [0.2, 0.25) is 0 Å². The van der Waals surface area contributed by atoms with Crippen LogP contribution < -0.4 is 11.1 Å². The van der Waals surface area contributed by atoms with Gasteiger partial charge in [-0.2, -0.15) is 0 Å². The van der Waals surface area contributed by atoms with Crippen LogP contribution in [0.25, 0.3) is 0 Å². The molecular formula is C11H19N3OS. The SMILES string of the molecule is Cc1csc(CCCCNC(=O)C(C)N)n1. The molecule has 1 heterocycles. The molecule has 1 rings (SSSR count). The van der Waals surface area contributed by atoms with Gasteiger partial charge in [-0.3, -0.25) is 4.79 Å². The number of hydrogen-bond donors (Lipinski definition) is 2. The lowest BCUT2D eigenvalue weighted by Gasteiger charge is -2.06. The van der Waals surface area contributed by atoms with Gasteiger partial charge in [0, 0.05) is 17.6 Å². The number of carbonyl (C=O) groups is 1. The molecule has 4 nitrogen and oxygen atoms in total. The van der Waals surface area contributed by atoms with Crippen molar-refractivity contribution in [1.29, 1.82) is 0 Å². The molecular weight excluding hydrogens is 222 g/mol. The first-order valence-electron chi connectivity index (χ1n) is 5.54. The molecule has 0 spiro atoms. The van der Waals surface area contributed by atoms with E-state index in [9.17, 15) is 4.79 Å². The number of carbonyl (C=O) groups excluding carboxylic acids is 1. The van der Waals surface area contributed by atoms with Gasteiger partial charge in [-0.15, -0.1) is 11.3 Å². The minimum Gasteiger partial charge on any atom is -0.355 e. The molecule has 1 unspecified atom stereocenters. The number of thiazole rings is 1. The molecule has 1 amide bonds. The zero-order valence-corrected chi connectivity index (χ0v) is 10.6. The summed E-state index contributed by atoms with van der Waals surface area (Å²) in [6.45, 7) is 4.39. The van der Waals surface area contributed by atoms with Gasteiger partial charge in [-0.1, -0.05) is 0 Å². The quantitative estimate of drug-likeness (QED) is 0.736. The second-order valence-corrected chi connectivity index (χ2v) is 4.86. The number of amides is 1. The van der Waals surface area contributed by atoms with E-state index in [1.54, 1.807) is 18.3 Å². The van der Waals surface area contributed by atoms with Crippen LogP contribution in [0.15, 0.2) is 5.38 Å². The summed E-state index contributed by atoms with van der Waals surface area (Å²) in [6.07, 6.45) is 3.01. The minimum absolute atomic E-state index is 0.0786. The fraction of sp³-hybridized carbons (Fsp3) is 0.636. The largest absolute Gasteiger partial charge is 0.355 e. The summed E-state index contributed by atoms with van der Waals surface area (Å²) >= 11 is 1.70. The Labute approximate surface area is 100 Å². The Hall–Kier alpha value is -0.940. The summed E-state index contributed by atoms with van der Waals surface area (Å²) in [5.74, 6) is -0.0786. The molecule has 0 aliphatic rings. The number of hydrogen-bond acceptors (Lipinski definition) is 4. The normalized spacial score (nSPS) is 12.4. The predicted molar refractivity (Wildman–Crippen MR) is 66.4 cm³/mol. The van der Waals surface area contributed by atoms with Gasteiger partial charge >= 0.3 is 0 Å². The van der Waals surface area contributed by atoms with E-state index in [4.69, 9.17) is 5.73 Å². The highest BCUT2D eigenvalue weighted by atomic mass is 32.1. The lowest BCUT2D eigenvalue weighted by Crippen LogP contribution is -2.38. The van der Waals surface area contributed by atoms with Crippen LogP contribution in [0.5, 0.6) is 0 Å². The van der Waals surface area contributed by atoms with Crippen molar-refractivity contribution in [3.8, 4) is 0 Å². The maximum atomic E-state index is 11.1. The fourth-order valence-electron chi connectivity index (χ4n) is 1.29. The highest BCUT2D eigenvalue weighted by Crippen LogP contribution is 2.11. The standard InChI is InChI=1S/C11H19N3OS/c1-8-7-16-10(14-8)5-3-4-6-13-11(15)9(2)12/h7,9H,3-6,12H2,1-2H3,(H,13,15).